The summed E-state index contributed by atoms with van der Waals surface area (Å²) in [5.41, 5.74) is 0.854. The van der Waals surface area contributed by atoms with Gasteiger partial charge >= 0.3 is 11.9 Å². The van der Waals surface area contributed by atoms with Gasteiger partial charge in [-0.15, -0.1) is 0 Å². The molecule has 1 rings (SSSR count). The highest BCUT2D eigenvalue weighted by atomic mass is 16.6. The van der Waals surface area contributed by atoms with Crippen LogP contribution in [0.25, 0.3) is 6.08 Å². The minimum atomic E-state index is -1.13. The zero-order chi connectivity index (χ0) is 12.7. The van der Waals surface area contributed by atoms with Crippen LogP contribution in [0.2, 0.25) is 0 Å². The molecule has 0 aliphatic heterocycles. The van der Waals surface area contributed by atoms with Crippen LogP contribution in [-0.2, 0) is 14.3 Å². The van der Waals surface area contributed by atoms with Crippen LogP contribution in [0.4, 0.5) is 0 Å². The molecule has 0 radical (unpaired) electrons. The predicted octanol–water partition coefficient (Wildman–Crippen LogP) is 2.11. The van der Waals surface area contributed by atoms with Crippen molar-refractivity contribution >= 4 is 18.0 Å². The lowest BCUT2D eigenvalue weighted by Gasteiger charge is -2.09. The molecule has 1 unspecified atom stereocenters. The van der Waals surface area contributed by atoms with E-state index in [1.165, 1.54) is 6.08 Å². The minimum absolute atomic E-state index is 0.250. The molecule has 0 aromatic heterocycles. The van der Waals surface area contributed by atoms with E-state index < -0.39 is 18.0 Å². The molecular weight excluding hydrogens is 220 g/mol. The van der Waals surface area contributed by atoms with Crippen molar-refractivity contribution in [2.75, 3.05) is 0 Å². The Morgan fingerprint density at radius 3 is 2.53 bits per heavy atom. The fraction of sp³-hybridized carbons (Fsp3) is 0.231. The molecule has 0 heterocycles. The predicted molar refractivity (Wildman–Crippen MR) is 63.3 cm³/mol. The van der Waals surface area contributed by atoms with Gasteiger partial charge < -0.3 is 9.84 Å². The summed E-state index contributed by atoms with van der Waals surface area (Å²) in [6.07, 6.45) is 1.97. The van der Waals surface area contributed by atoms with E-state index in [9.17, 15) is 9.59 Å². The molecule has 1 atom stereocenters. The number of carboxylic acids is 1. The van der Waals surface area contributed by atoms with Gasteiger partial charge in [-0.1, -0.05) is 37.3 Å². The first-order valence-electron chi connectivity index (χ1n) is 5.30. The Morgan fingerprint density at radius 1 is 1.35 bits per heavy atom. The number of hydrogen-bond donors (Lipinski definition) is 1. The maximum absolute atomic E-state index is 11.3. The summed E-state index contributed by atoms with van der Waals surface area (Å²) in [7, 11) is 0. The normalized spacial score (nSPS) is 12.3. The van der Waals surface area contributed by atoms with Crippen LogP contribution in [0.3, 0.4) is 0 Å². The fourth-order valence-corrected chi connectivity index (χ4v) is 1.22. The van der Waals surface area contributed by atoms with E-state index in [4.69, 9.17) is 9.84 Å². The van der Waals surface area contributed by atoms with E-state index in [0.717, 1.165) is 5.56 Å². The van der Waals surface area contributed by atoms with Crippen molar-refractivity contribution in [3.8, 4) is 0 Å². The summed E-state index contributed by atoms with van der Waals surface area (Å²) in [4.78, 5) is 22.0. The Bertz CT molecular complexity index is 409. The van der Waals surface area contributed by atoms with Crippen LogP contribution in [0.1, 0.15) is 18.9 Å². The van der Waals surface area contributed by atoms with E-state index >= 15 is 0 Å². The van der Waals surface area contributed by atoms with Crippen LogP contribution in [0.5, 0.6) is 0 Å². The van der Waals surface area contributed by atoms with Crippen LogP contribution in [0, 0.1) is 0 Å². The van der Waals surface area contributed by atoms with Crippen molar-refractivity contribution in [2.24, 2.45) is 0 Å². The third-order valence-electron chi connectivity index (χ3n) is 2.12. The zero-order valence-electron chi connectivity index (χ0n) is 9.50. The van der Waals surface area contributed by atoms with Crippen LogP contribution < -0.4 is 0 Å². The molecule has 0 aliphatic carbocycles. The van der Waals surface area contributed by atoms with Crippen molar-refractivity contribution in [3.05, 3.63) is 42.0 Å². The lowest BCUT2D eigenvalue weighted by molar-refractivity contribution is -0.160. The van der Waals surface area contributed by atoms with E-state index in [-0.39, 0.29) is 6.42 Å². The summed E-state index contributed by atoms with van der Waals surface area (Å²) in [5.74, 6) is -1.78. The Kier molecular flexibility index (Phi) is 4.94. The van der Waals surface area contributed by atoms with Gasteiger partial charge in [-0.05, 0) is 18.1 Å². The summed E-state index contributed by atoms with van der Waals surface area (Å²) in [5, 5.41) is 8.71. The van der Waals surface area contributed by atoms with Crippen molar-refractivity contribution in [1.29, 1.82) is 0 Å². The molecule has 0 bridgehead atoms. The first-order chi connectivity index (χ1) is 8.13. The third-order valence-corrected chi connectivity index (χ3v) is 2.12. The van der Waals surface area contributed by atoms with Crippen molar-refractivity contribution < 1.29 is 19.4 Å². The lowest BCUT2D eigenvalue weighted by Crippen LogP contribution is -2.25. The number of aliphatic carboxylic acids is 1. The number of rotatable bonds is 5. The SMILES string of the molecule is CCC(OC(=O)C=Cc1ccccc1)C(=O)O. The van der Waals surface area contributed by atoms with E-state index in [1.54, 1.807) is 13.0 Å². The summed E-state index contributed by atoms with van der Waals surface area (Å²) >= 11 is 0. The standard InChI is InChI=1S/C13H14O4/c1-2-11(13(15)16)17-12(14)9-8-10-6-4-3-5-7-10/h3-9,11H,2H2,1H3,(H,15,16). The molecule has 0 fully saturated rings. The average molecular weight is 234 g/mol. The van der Waals surface area contributed by atoms with E-state index in [2.05, 4.69) is 0 Å². The summed E-state index contributed by atoms with van der Waals surface area (Å²) in [6.45, 7) is 1.65. The van der Waals surface area contributed by atoms with Crippen molar-refractivity contribution in [2.45, 2.75) is 19.4 Å². The molecule has 90 valence electrons. The smallest absolute Gasteiger partial charge is 0.345 e. The van der Waals surface area contributed by atoms with Gasteiger partial charge in [0.15, 0.2) is 6.10 Å². The Morgan fingerprint density at radius 2 is 2.00 bits per heavy atom. The Labute approximate surface area is 99.5 Å². The zero-order valence-corrected chi connectivity index (χ0v) is 9.50. The summed E-state index contributed by atoms with van der Waals surface area (Å²) < 4.78 is 4.76. The fourth-order valence-electron chi connectivity index (χ4n) is 1.22. The highest BCUT2D eigenvalue weighted by Gasteiger charge is 2.18. The van der Waals surface area contributed by atoms with Gasteiger partial charge in [0.2, 0.25) is 0 Å². The number of carboxylic acid groups (broad SMARTS) is 1. The molecule has 0 aliphatic rings. The maximum Gasteiger partial charge on any atom is 0.345 e. The summed E-state index contributed by atoms with van der Waals surface area (Å²) in [6, 6.07) is 9.22. The molecule has 0 amide bonds. The number of ether oxygens (including phenoxy) is 1. The van der Waals surface area contributed by atoms with Crippen LogP contribution in [-0.4, -0.2) is 23.1 Å². The molecule has 1 aromatic carbocycles. The number of carbonyl (C=O) groups excluding carboxylic acids is 1. The largest absolute Gasteiger partial charge is 0.479 e. The first-order valence-corrected chi connectivity index (χ1v) is 5.30. The minimum Gasteiger partial charge on any atom is -0.479 e. The van der Waals surface area contributed by atoms with Crippen molar-refractivity contribution in [1.82, 2.24) is 0 Å². The molecule has 4 heteroatoms. The lowest BCUT2D eigenvalue weighted by atomic mass is 10.2. The van der Waals surface area contributed by atoms with E-state index in [0.29, 0.717) is 0 Å². The first kappa shape index (κ1) is 13.0. The number of carbonyl (C=O) groups is 2. The maximum atomic E-state index is 11.3. The topological polar surface area (TPSA) is 63.6 Å². The van der Waals surface area contributed by atoms with Gasteiger partial charge in [-0.2, -0.15) is 0 Å². The number of hydrogen-bond acceptors (Lipinski definition) is 3. The van der Waals surface area contributed by atoms with Crippen LogP contribution in [0.15, 0.2) is 36.4 Å². The van der Waals surface area contributed by atoms with Gasteiger partial charge in [0, 0.05) is 6.08 Å². The monoisotopic (exact) mass is 234 g/mol. The molecule has 0 spiro atoms. The second kappa shape index (κ2) is 6.48. The molecule has 0 saturated carbocycles. The molecule has 4 nitrogen and oxygen atoms in total. The highest BCUT2D eigenvalue weighted by Crippen LogP contribution is 2.03. The molecule has 1 N–H and O–H groups in total. The number of esters is 1. The van der Waals surface area contributed by atoms with Gasteiger partial charge in [-0.3, -0.25) is 0 Å². The van der Waals surface area contributed by atoms with Gasteiger partial charge in [0.1, 0.15) is 0 Å². The molecule has 0 saturated heterocycles. The Balaban J connectivity index is 2.55. The molecule has 17 heavy (non-hydrogen) atoms. The van der Waals surface area contributed by atoms with Gasteiger partial charge in [-0.25, -0.2) is 9.59 Å². The van der Waals surface area contributed by atoms with Gasteiger partial charge in [0.25, 0.3) is 0 Å². The van der Waals surface area contributed by atoms with E-state index in [1.807, 2.05) is 30.3 Å². The quantitative estimate of drug-likeness (QED) is 0.626. The average Bonchev–Trinajstić information content (AvgIpc) is 2.34. The van der Waals surface area contributed by atoms with Crippen molar-refractivity contribution in [3.63, 3.8) is 0 Å². The number of benzene rings is 1. The second-order valence-corrected chi connectivity index (χ2v) is 3.42. The van der Waals surface area contributed by atoms with Gasteiger partial charge in [0.05, 0.1) is 0 Å². The molecular formula is C13H14O4. The highest BCUT2D eigenvalue weighted by molar-refractivity contribution is 5.89. The van der Waals surface area contributed by atoms with Crippen LogP contribution >= 0.6 is 0 Å². The Hall–Kier alpha value is -2.10. The second-order valence-electron chi connectivity index (χ2n) is 3.42. The third kappa shape index (κ3) is 4.51. The molecule has 1 aromatic rings.